The van der Waals surface area contributed by atoms with E-state index in [1.54, 1.807) is 0 Å². The van der Waals surface area contributed by atoms with Crippen LogP contribution in [-0.2, 0) is 17.8 Å². The van der Waals surface area contributed by atoms with E-state index in [-0.39, 0.29) is 11.2 Å². The van der Waals surface area contributed by atoms with Gasteiger partial charge < -0.3 is 19.5 Å². The number of nitrogens with zero attached hydrogens (tertiary/aromatic N) is 4. The molecule has 4 aromatic rings. The van der Waals surface area contributed by atoms with Gasteiger partial charge in [-0.3, -0.25) is 15.0 Å². The number of hydrogen-bond acceptors (Lipinski definition) is 10. The van der Waals surface area contributed by atoms with Gasteiger partial charge in [0.1, 0.15) is 18.1 Å². The molecule has 2 atom stereocenters. The molecule has 2 unspecified atom stereocenters. The molecular formula is C36H39N5O5S2. The summed E-state index contributed by atoms with van der Waals surface area (Å²) in [6.07, 6.45) is 4.67. The number of thioether (sulfide) groups is 1. The van der Waals surface area contributed by atoms with Crippen LogP contribution in [0.5, 0.6) is 11.5 Å². The first-order valence-electron chi connectivity index (χ1n) is 16.6. The molecule has 250 valence electrons. The number of likely N-dealkylation sites (tertiary alicyclic amines) is 1. The summed E-state index contributed by atoms with van der Waals surface area (Å²) in [4.78, 5) is 39.4. The first kappa shape index (κ1) is 32.4. The molecule has 4 heterocycles. The third kappa shape index (κ3) is 7.61. The third-order valence-electron chi connectivity index (χ3n) is 9.01. The summed E-state index contributed by atoms with van der Waals surface area (Å²) in [6.45, 7) is 5.65. The average Bonchev–Trinajstić information content (AvgIpc) is 3.87. The molecule has 10 nitrogen and oxygen atoms in total. The number of carboxylic acids is 1. The number of hydrogen-bond donors (Lipinski definition) is 2. The van der Waals surface area contributed by atoms with Crippen molar-refractivity contribution in [3.63, 3.8) is 0 Å². The summed E-state index contributed by atoms with van der Waals surface area (Å²) in [5.74, 6) is 0.480. The van der Waals surface area contributed by atoms with Crippen LogP contribution in [0.15, 0.2) is 71.7 Å². The molecule has 0 saturated carbocycles. The van der Waals surface area contributed by atoms with Gasteiger partial charge in [0.25, 0.3) is 5.91 Å². The van der Waals surface area contributed by atoms with Gasteiger partial charge in [-0.2, -0.15) is 0 Å². The Morgan fingerprint density at radius 3 is 2.48 bits per heavy atom. The number of benzene rings is 3. The molecule has 3 aliphatic heterocycles. The number of aromatic nitrogens is 1. The molecule has 1 aromatic heterocycles. The van der Waals surface area contributed by atoms with Crippen LogP contribution in [0, 0.1) is 0 Å². The number of thiazole rings is 1. The van der Waals surface area contributed by atoms with Crippen LogP contribution in [0.3, 0.4) is 0 Å². The van der Waals surface area contributed by atoms with E-state index in [9.17, 15) is 14.7 Å². The standard InChI is InChI=1S/C36H39N5O5S2/c42-33(39-35-37-29-9-1-2-10-30(29)47-35)27-8-5-7-24-16-19-41(23-28(24)27)36-38-32(34(43)44)31(48-36)11-6-21-45-25-12-14-26(15-13-25)46-22-20-40-17-3-4-18-40/h1-2,5,7-10,12-15,31-32H,3-4,6,11,16-23H2,(H,43,44)(H,37,39,42). The number of nitrogens with one attached hydrogen (secondary N) is 1. The van der Waals surface area contributed by atoms with Gasteiger partial charge in [0.05, 0.1) is 16.8 Å². The number of carbonyl (C=O) groups is 2. The van der Waals surface area contributed by atoms with Crippen LogP contribution in [0.1, 0.15) is 47.2 Å². The number of rotatable bonds is 12. The lowest BCUT2D eigenvalue weighted by Crippen LogP contribution is -2.35. The molecule has 48 heavy (non-hydrogen) atoms. The Bertz CT molecular complexity index is 1760. The largest absolute Gasteiger partial charge is 0.494 e. The Morgan fingerprint density at radius 1 is 0.938 bits per heavy atom. The predicted molar refractivity (Wildman–Crippen MR) is 191 cm³/mol. The second-order valence-corrected chi connectivity index (χ2v) is 14.5. The molecule has 0 radical (unpaired) electrons. The fourth-order valence-corrected chi connectivity index (χ4v) is 8.67. The maximum atomic E-state index is 13.4. The van der Waals surface area contributed by atoms with E-state index in [1.807, 2.05) is 60.7 Å². The van der Waals surface area contributed by atoms with E-state index in [2.05, 4.69) is 31.2 Å². The zero-order chi connectivity index (χ0) is 32.9. The number of amides is 1. The van der Waals surface area contributed by atoms with Gasteiger partial charge in [0.2, 0.25) is 0 Å². The van der Waals surface area contributed by atoms with Crippen molar-refractivity contribution in [2.45, 2.75) is 49.9 Å². The van der Waals surface area contributed by atoms with E-state index in [4.69, 9.17) is 9.47 Å². The van der Waals surface area contributed by atoms with E-state index in [0.717, 1.165) is 64.1 Å². The summed E-state index contributed by atoms with van der Waals surface area (Å²) in [5, 5.41) is 14.1. The Hall–Kier alpha value is -4.13. The van der Waals surface area contributed by atoms with Crippen LogP contribution in [0.25, 0.3) is 10.2 Å². The molecule has 1 fully saturated rings. The number of aliphatic carboxylic acids is 1. The van der Waals surface area contributed by atoms with Crippen molar-refractivity contribution in [2.24, 2.45) is 4.99 Å². The second-order valence-electron chi connectivity index (χ2n) is 12.3. The van der Waals surface area contributed by atoms with Crippen molar-refractivity contribution < 1.29 is 24.2 Å². The highest BCUT2D eigenvalue weighted by atomic mass is 32.2. The van der Waals surface area contributed by atoms with Crippen LogP contribution in [0.4, 0.5) is 5.13 Å². The highest BCUT2D eigenvalue weighted by molar-refractivity contribution is 8.14. The summed E-state index contributed by atoms with van der Waals surface area (Å²) < 4.78 is 12.9. The van der Waals surface area contributed by atoms with Crippen molar-refractivity contribution >= 4 is 55.5 Å². The van der Waals surface area contributed by atoms with Gasteiger partial charge in [-0.25, -0.2) is 14.8 Å². The van der Waals surface area contributed by atoms with Gasteiger partial charge in [0.15, 0.2) is 16.3 Å². The fourth-order valence-electron chi connectivity index (χ4n) is 6.47. The molecule has 0 aliphatic carbocycles. The third-order valence-corrected chi connectivity index (χ3v) is 11.3. The normalized spacial score (nSPS) is 19.2. The quantitative estimate of drug-likeness (QED) is 0.169. The van der Waals surface area contributed by atoms with Crippen molar-refractivity contribution in [2.75, 3.05) is 44.7 Å². The first-order valence-corrected chi connectivity index (χ1v) is 18.3. The van der Waals surface area contributed by atoms with Crippen molar-refractivity contribution in [1.29, 1.82) is 0 Å². The summed E-state index contributed by atoms with van der Waals surface area (Å²) in [6, 6.07) is 20.5. The van der Waals surface area contributed by atoms with E-state index in [0.29, 0.717) is 49.8 Å². The lowest BCUT2D eigenvalue weighted by atomic mass is 9.94. The summed E-state index contributed by atoms with van der Waals surface area (Å²) >= 11 is 2.97. The number of para-hydroxylation sites is 1. The molecule has 0 bridgehead atoms. The van der Waals surface area contributed by atoms with E-state index in [1.165, 1.54) is 35.9 Å². The highest BCUT2D eigenvalue weighted by Crippen LogP contribution is 2.35. The molecule has 12 heteroatoms. The minimum Gasteiger partial charge on any atom is -0.494 e. The Morgan fingerprint density at radius 2 is 1.71 bits per heavy atom. The summed E-state index contributed by atoms with van der Waals surface area (Å²) in [7, 11) is 0. The maximum Gasteiger partial charge on any atom is 0.329 e. The number of aliphatic imine (C=N–C) groups is 1. The zero-order valence-corrected chi connectivity index (χ0v) is 28.3. The molecule has 1 amide bonds. The second kappa shape index (κ2) is 15.0. The average molecular weight is 686 g/mol. The molecular weight excluding hydrogens is 647 g/mol. The summed E-state index contributed by atoms with van der Waals surface area (Å²) in [5.41, 5.74) is 3.52. The van der Waals surface area contributed by atoms with E-state index < -0.39 is 12.0 Å². The Balaban J connectivity index is 0.915. The van der Waals surface area contributed by atoms with Crippen LogP contribution in [0.2, 0.25) is 0 Å². The lowest BCUT2D eigenvalue weighted by Gasteiger charge is -2.31. The van der Waals surface area contributed by atoms with Gasteiger partial charge >= 0.3 is 5.97 Å². The molecule has 0 spiro atoms. The lowest BCUT2D eigenvalue weighted by molar-refractivity contribution is -0.138. The Kier molecular flexibility index (Phi) is 10.1. The topological polar surface area (TPSA) is 117 Å². The predicted octanol–water partition coefficient (Wildman–Crippen LogP) is 6.17. The van der Waals surface area contributed by atoms with Gasteiger partial charge in [-0.1, -0.05) is 47.4 Å². The number of amidine groups is 1. The number of carboxylic acid groups (broad SMARTS) is 1. The van der Waals surface area contributed by atoms with Crippen LogP contribution < -0.4 is 14.8 Å². The number of ether oxygens (including phenoxy) is 2. The highest BCUT2D eigenvalue weighted by Gasteiger charge is 2.38. The minimum atomic E-state index is -0.919. The maximum absolute atomic E-state index is 13.4. The van der Waals surface area contributed by atoms with Gasteiger partial charge in [-0.05, 0) is 98.8 Å². The first-order chi connectivity index (χ1) is 23.5. The number of anilines is 1. The minimum absolute atomic E-state index is 0.188. The van der Waals surface area contributed by atoms with Gasteiger partial charge in [-0.15, -0.1) is 0 Å². The SMILES string of the molecule is O=C(Nc1nc2ccccc2s1)c1cccc2c1CN(C1=NC(C(=O)O)C(CCCOc3ccc(OCCN4CCCC4)cc3)S1)CC2. The van der Waals surface area contributed by atoms with Crippen LogP contribution in [-0.4, -0.2) is 87.6 Å². The van der Waals surface area contributed by atoms with Crippen molar-refractivity contribution in [3.05, 3.63) is 83.4 Å². The fraction of sp³-hybridized carbons (Fsp3) is 0.389. The molecule has 2 N–H and O–H groups in total. The van der Waals surface area contributed by atoms with Crippen molar-refractivity contribution in [3.8, 4) is 11.5 Å². The van der Waals surface area contributed by atoms with Crippen molar-refractivity contribution in [1.82, 2.24) is 14.8 Å². The van der Waals surface area contributed by atoms with E-state index >= 15 is 0 Å². The molecule has 3 aromatic carbocycles. The monoisotopic (exact) mass is 685 g/mol. The number of carbonyl (C=O) groups excluding carboxylic acids is 1. The molecule has 1 saturated heterocycles. The Labute approximate surface area is 288 Å². The smallest absolute Gasteiger partial charge is 0.329 e. The molecule has 3 aliphatic rings. The molecule has 7 rings (SSSR count). The van der Waals surface area contributed by atoms with Gasteiger partial charge in [0, 0.05) is 30.4 Å². The van der Waals surface area contributed by atoms with Crippen LogP contribution >= 0.6 is 23.1 Å². The zero-order valence-electron chi connectivity index (χ0n) is 26.7. The number of fused-ring (bicyclic) bond motifs is 2.